The van der Waals surface area contributed by atoms with Crippen LogP contribution in [-0.2, 0) is 0 Å². The van der Waals surface area contributed by atoms with Crippen LogP contribution in [0.15, 0.2) is 30.9 Å². The second kappa shape index (κ2) is 6.46. The molecule has 1 unspecified atom stereocenters. The Morgan fingerprint density at radius 2 is 2.05 bits per heavy atom. The maximum atomic E-state index is 12.4. The van der Waals surface area contributed by atoms with E-state index in [1.54, 1.807) is 29.6 Å². The Morgan fingerprint density at radius 1 is 1.23 bits per heavy atom. The van der Waals surface area contributed by atoms with Gasteiger partial charge in [0.05, 0.1) is 18.4 Å². The zero-order valence-electron chi connectivity index (χ0n) is 12.3. The van der Waals surface area contributed by atoms with E-state index >= 15 is 0 Å². The molecule has 1 saturated heterocycles. The number of carbonyl (C=O) groups is 1. The number of aromatic nitrogens is 4. The van der Waals surface area contributed by atoms with E-state index in [1.807, 2.05) is 6.92 Å². The average Bonchev–Trinajstić information content (AvgIpc) is 2.56. The summed E-state index contributed by atoms with van der Waals surface area (Å²) in [7, 11) is 0. The summed E-state index contributed by atoms with van der Waals surface area (Å²) in [5.41, 5.74) is 1.15. The highest BCUT2D eigenvalue weighted by Crippen LogP contribution is 2.16. The molecule has 22 heavy (non-hydrogen) atoms. The van der Waals surface area contributed by atoms with Gasteiger partial charge in [0.15, 0.2) is 0 Å². The second-order valence-electron chi connectivity index (χ2n) is 5.21. The minimum Gasteiger partial charge on any atom is -0.458 e. The number of nitrogens with zero attached hydrogens (tertiary/aromatic N) is 5. The number of hydrogen-bond acceptors (Lipinski definition) is 6. The van der Waals surface area contributed by atoms with Gasteiger partial charge >= 0.3 is 6.01 Å². The van der Waals surface area contributed by atoms with Gasteiger partial charge in [0, 0.05) is 25.1 Å². The van der Waals surface area contributed by atoms with Crippen molar-refractivity contribution in [2.45, 2.75) is 25.9 Å². The molecule has 7 nitrogen and oxygen atoms in total. The molecule has 0 N–H and O–H groups in total. The molecule has 0 saturated carbocycles. The van der Waals surface area contributed by atoms with Gasteiger partial charge < -0.3 is 9.64 Å². The van der Waals surface area contributed by atoms with Gasteiger partial charge in [0.2, 0.25) is 0 Å². The predicted octanol–water partition coefficient (Wildman–Crippen LogP) is 1.26. The number of likely N-dealkylation sites (tertiary alicyclic amines) is 1. The quantitative estimate of drug-likeness (QED) is 0.848. The highest BCUT2D eigenvalue weighted by Gasteiger charge is 2.26. The van der Waals surface area contributed by atoms with Gasteiger partial charge in [0.25, 0.3) is 5.91 Å². The summed E-state index contributed by atoms with van der Waals surface area (Å²) in [5, 5.41) is 0. The monoisotopic (exact) mass is 299 g/mol. The smallest absolute Gasteiger partial charge is 0.316 e. The minimum atomic E-state index is -0.116. The lowest BCUT2D eigenvalue weighted by molar-refractivity contribution is 0.0510. The Labute approximate surface area is 128 Å². The molecule has 0 bridgehead atoms. The van der Waals surface area contributed by atoms with Crippen molar-refractivity contribution in [2.75, 3.05) is 13.1 Å². The first-order valence-corrected chi connectivity index (χ1v) is 7.24. The predicted molar refractivity (Wildman–Crippen MR) is 78.4 cm³/mol. The lowest BCUT2D eigenvalue weighted by atomic mass is 10.1. The third-order valence-corrected chi connectivity index (χ3v) is 3.48. The molecule has 114 valence electrons. The molecule has 0 spiro atoms. The summed E-state index contributed by atoms with van der Waals surface area (Å²) in [5.74, 6) is -0.116. The van der Waals surface area contributed by atoms with Crippen LogP contribution in [0.3, 0.4) is 0 Å². The van der Waals surface area contributed by atoms with E-state index in [0.717, 1.165) is 18.5 Å². The third kappa shape index (κ3) is 3.36. The maximum absolute atomic E-state index is 12.4. The van der Waals surface area contributed by atoms with Gasteiger partial charge in [-0.05, 0) is 25.8 Å². The van der Waals surface area contributed by atoms with Crippen LogP contribution in [0.2, 0.25) is 0 Å². The molecular formula is C15H17N5O2. The number of hydrogen-bond donors (Lipinski definition) is 0. The fraction of sp³-hybridized carbons (Fsp3) is 0.400. The lowest BCUT2D eigenvalue weighted by Gasteiger charge is -2.32. The van der Waals surface area contributed by atoms with Crippen LogP contribution >= 0.6 is 0 Å². The zero-order valence-corrected chi connectivity index (χ0v) is 12.3. The number of rotatable bonds is 3. The van der Waals surface area contributed by atoms with Crippen molar-refractivity contribution in [2.24, 2.45) is 0 Å². The lowest BCUT2D eigenvalue weighted by Crippen LogP contribution is -2.44. The molecule has 0 aliphatic carbocycles. The maximum Gasteiger partial charge on any atom is 0.316 e. The fourth-order valence-corrected chi connectivity index (χ4v) is 2.38. The van der Waals surface area contributed by atoms with E-state index in [0.29, 0.717) is 24.8 Å². The van der Waals surface area contributed by atoms with Gasteiger partial charge in [-0.3, -0.25) is 9.78 Å². The molecule has 0 radical (unpaired) electrons. The van der Waals surface area contributed by atoms with E-state index in [4.69, 9.17) is 4.74 Å². The highest BCUT2D eigenvalue weighted by molar-refractivity contribution is 5.92. The van der Waals surface area contributed by atoms with E-state index in [-0.39, 0.29) is 12.0 Å². The molecule has 1 aliphatic heterocycles. The molecule has 0 aromatic carbocycles. The molecule has 1 atom stereocenters. The number of ether oxygens (including phenoxy) is 1. The third-order valence-electron chi connectivity index (χ3n) is 3.48. The number of aryl methyl sites for hydroxylation is 1. The number of piperidine rings is 1. The van der Waals surface area contributed by atoms with Crippen molar-refractivity contribution < 1.29 is 9.53 Å². The van der Waals surface area contributed by atoms with Crippen LogP contribution in [0.4, 0.5) is 0 Å². The molecule has 2 aromatic rings. The van der Waals surface area contributed by atoms with Crippen molar-refractivity contribution in [3.63, 3.8) is 0 Å². The molecular weight excluding hydrogens is 282 g/mol. The fourth-order valence-electron chi connectivity index (χ4n) is 2.38. The van der Waals surface area contributed by atoms with Crippen molar-refractivity contribution in [3.05, 3.63) is 42.2 Å². The van der Waals surface area contributed by atoms with Crippen molar-refractivity contribution in [1.29, 1.82) is 0 Å². The normalized spacial score (nSPS) is 18.0. The standard InChI is InChI=1S/C15H17N5O2/c1-11-8-19-13(9-18-11)14(21)20-7-2-4-12(10-20)22-15-16-5-3-6-17-15/h3,5-6,8-9,12H,2,4,7,10H2,1H3. The summed E-state index contributed by atoms with van der Waals surface area (Å²) < 4.78 is 5.74. The van der Waals surface area contributed by atoms with Gasteiger partial charge in [-0.1, -0.05) is 0 Å². The Kier molecular flexibility index (Phi) is 4.22. The van der Waals surface area contributed by atoms with Gasteiger partial charge in [-0.15, -0.1) is 0 Å². The van der Waals surface area contributed by atoms with Crippen LogP contribution in [-0.4, -0.2) is 49.9 Å². The van der Waals surface area contributed by atoms with Crippen LogP contribution in [0.5, 0.6) is 6.01 Å². The molecule has 2 aromatic heterocycles. The average molecular weight is 299 g/mol. The first kappa shape index (κ1) is 14.4. The Balaban J connectivity index is 1.65. The van der Waals surface area contributed by atoms with Crippen molar-refractivity contribution in [3.8, 4) is 6.01 Å². The summed E-state index contributed by atoms with van der Waals surface area (Å²) in [4.78, 5) is 30.6. The zero-order chi connectivity index (χ0) is 15.4. The molecule has 1 fully saturated rings. The second-order valence-corrected chi connectivity index (χ2v) is 5.21. The first-order valence-electron chi connectivity index (χ1n) is 7.24. The molecule has 3 rings (SSSR count). The Morgan fingerprint density at radius 3 is 2.77 bits per heavy atom. The van der Waals surface area contributed by atoms with E-state index in [2.05, 4.69) is 19.9 Å². The number of carbonyl (C=O) groups excluding carboxylic acids is 1. The van der Waals surface area contributed by atoms with Gasteiger partial charge in [-0.2, -0.15) is 0 Å². The SMILES string of the molecule is Cc1cnc(C(=O)N2CCCC(Oc3ncccn3)C2)cn1. The highest BCUT2D eigenvalue weighted by atomic mass is 16.5. The number of amides is 1. The van der Waals surface area contributed by atoms with Gasteiger partial charge in [-0.25, -0.2) is 15.0 Å². The van der Waals surface area contributed by atoms with Crippen LogP contribution in [0, 0.1) is 6.92 Å². The Bertz CT molecular complexity index is 632. The first-order chi connectivity index (χ1) is 10.7. The summed E-state index contributed by atoms with van der Waals surface area (Å²) in [6, 6.07) is 2.08. The van der Waals surface area contributed by atoms with Gasteiger partial charge in [0.1, 0.15) is 11.8 Å². The van der Waals surface area contributed by atoms with E-state index < -0.39 is 0 Å². The summed E-state index contributed by atoms with van der Waals surface area (Å²) in [6.07, 6.45) is 8.04. The molecule has 3 heterocycles. The molecule has 1 amide bonds. The summed E-state index contributed by atoms with van der Waals surface area (Å²) >= 11 is 0. The van der Waals surface area contributed by atoms with Crippen molar-refractivity contribution >= 4 is 5.91 Å². The largest absolute Gasteiger partial charge is 0.458 e. The van der Waals surface area contributed by atoms with Crippen molar-refractivity contribution in [1.82, 2.24) is 24.8 Å². The molecule has 1 aliphatic rings. The van der Waals surface area contributed by atoms with Crippen LogP contribution in [0.25, 0.3) is 0 Å². The van der Waals surface area contributed by atoms with E-state index in [9.17, 15) is 4.79 Å². The Hall–Kier alpha value is -2.57. The van der Waals surface area contributed by atoms with Crippen LogP contribution in [0.1, 0.15) is 29.0 Å². The van der Waals surface area contributed by atoms with Crippen LogP contribution < -0.4 is 4.74 Å². The topological polar surface area (TPSA) is 81.1 Å². The van der Waals surface area contributed by atoms with E-state index in [1.165, 1.54) is 6.20 Å². The molecule has 7 heteroatoms. The minimum absolute atomic E-state index is 0.0986. The summed E-state index contributed by atoms with van der Waals surface area (Å²) in [6.45, 7) is 3.04.